The van der Waals surface area contributed by atoms with E-state index in [1.807, 2.05) is 12.1 Å². The van der Waals surface area contributed by atoms with Gasteiger partial charge in [-0.3, -0.25) is 0 Å². The fourth-order valence-corrected chi connectivity index (χ4v) is 3.39. The molecule has 0 bridgehead atoms. The van der Waals surface area contributed by atoms with Crippen LogP contribution in [0.15, 0.2) is 18.2 Å². The van der Waals surface area contributed by atoms with E-state index in [0.717, 1.165) is 10.6 Å². The molecule has 19 heavy (non-hydrogen) atoms. The van der Waals surface area contributed by atoms with Crippen molar-refractivity contribution in [2.24, 2.45) is 0 Å². The van der Waals surface area contributed by atoms with Gasteiger partial charge in [0, 0.05) is 28.2 Å². The summed E-state index contributed by atoms with van der Waals surface area (Å²) in [7, 11) is 0. The molecule has 1 aromatic carbocycles. The van der Waals surface area contributed by atoms with Gasteiger partial charge in [0.05, 0.1) is 0 Å². The van der Waals surface area contributed by atoms with E-state index in [9.17, 15) is 0 Å². The van der Waals surface area contributed by atoms with Crippen LogP contribution in [-0.2, 0) is 0 Å². The molecular weight excluding hydrogens is 279 g/mol. The molecule has 0 aliphatic carbocycles. The molecule has 0 aromatic heterocycles. The molecule has 1 aliphatic heterocycles. The molecule has 3 atom stereocenters. The Bertz CT molecular complexity index is 426. The number of piperidine rings is 1. The van der Waals surface area contributed by atoms with Crippen LogP contribution in [0.5, 0.6) is 0 Å². The van der Waals surface area contributed by atoms with Crippen LogP contribution < -0.4 is 5.43 Å². The molecular formula is C15H22Cl2N2. The zero-order valence-electron chi connectivity index (χ0n) is 11.8. The van der Waals surface area contributed by atoms with Crippen LogP contribution in [0.3, 0.4) is 0 Å². The number of hydrogen-bond donors (Lipinski definition) is 1. The highest BCUT2D eigenvalue weighted by molar-refractivity contribution is 6.35. The smallest absolute Gasteiger partial charge is 0.0469 e. The maximum atomic E-state index is 6.27. The van der Waals surface area contributed by atoms with E-state index in [0.29, 0.717) is 17.1 Å². The zero-order chi connectivity index (χ0) is 14.0. The number of benzene rings is 1. The minimum Gasteiger partial charge on any atom is -0.247 e. The van der Waals surface area contributed by atoms with Gasteiger partial charge in [0.1, 0.15) is 0 Å². The third-order valence-electron chi connectivity index (χ3n) is 3.97. The summed E-state index contributed by atoms with van der Waals surface area (Å²) in [6, 6.07) is 7.02. The Hall–Kier alpha value is -0.280. The van der Waals surface area contributed by atoms with Crippen molar-refractivity contribution in [1.29, 1.82) is 0 Å². The lowest BCUT2D eigenvalue weighted by Gasteiger charge is -2.41. The van der Waals surface area contributed by atoms with E-state index in [4.69, 9.17) is 23.2 Å². The molecule has 1 aromatic rings. The van der Waals surface area contributed by atoms with Crippen LogP contribution >= 0.6 is 23.2 Å². The van der Waals surface area contributed by atoms with Crippen molar-refractivity contribution in [2.45, 2.75) is 58.2 Å². The molecule has 0 radical (unpaired) electrons. The van der Waals surface area contributed by atoms with E-state index in [1.54, 1.807) is 6.07 Å². The lowest BCUT2D eigenvalue weighted by Crippen LogP contribution is -2.52. The van der Waals surface area contributed by atoms with Crippen molar-refractivity contribution in [2.75, 3.05) is 0 Å². The minimum absolute atomic E-state index is 0.188. The van der Waals surface area contributed by atoms with E-state index in [-0.39, 0.29) is 6.04 Å². The maximum absolute atomic E-state index is 6.27. The SMILES string of the molecule is CC(NN1C(C)CCCC1C)c1ccc(Cl)cc1Cl. The Morgan fingerprint density at radius 1 is 1.21 bits per heavy atom. The second-order valence-corrected chi connectivity index (χ2v) is 6.40. The minimum atomic E-state index is 0.188. The van der Waals surface area contributed by atoms with Gasteiger partial charge in [-0.2, -0.15) is 0 Å². The first-order valence-electron chi connectivity index (χ1n) is 6.98. The Labute approximate surface area is 126 Å². The second-order valence-electron chi connectivity index (χ2n) is 5.55. The van der Waals surface area contributed by atoms with Gasteiger partial charge in [-0.25, -0.2) is 10.4 Å². The van der Waals surface area contributed by atoms with E-state index in [1.165, 1.54) is 19.3 Å². The van der Waals surface area contributed by atoms with Gasteiger partial charge >= 0.3 is 0 Å². The summed E-state index contributed by atoms with van der Waals surface area (Å²) in [5, 5.41) is 3.78. The molecule has 106 valence electrons. The van der Waals surface area contributed by atoms with Gasteiger partial charge < -0.3 is 0 Å². The van der Waals surface area contributed by atoms with Crippen molar-refractivity contribution in [3.63, 3.8) is 0 Å². The molecule has 1 N–H and O–H groups in total. The fraction of sp³-hybridized carbons (Fsp3) is 0.600. The third kappa shape index (κ3) is 3.63. The Morgan fingerprint density at radius 3 is 2.42 bits per heavy atom. The van der Waals surface area contributed by atoms with Gasteiger partial charge in [-0.05, 0) is 51.3 Å². The predicted molar refractivity (Wildman–Crippen MR) is 82.6 cm³/mol. The summed E-state index contributed by atoms with van der Waals surface area (Å²) >= 11 is 12.2. The second kappa shape index (κ2) is 6.45. The first kappa shape index (κ1) is 15.1. The number of nitrogens with zero attached hydrogens (tertiary/aromatic N) is 1. The van der Waals surface area contributed by atoms with Crippen LogP contribution in [0.1, 0.15) is 51.6 Å². The van der Waals surface area contributed by atoms with Crippen molar-refractivity contribution in [3.8, 4) is 0 Å². The molecule has 2 nitrogen and oxygen atoms in total. The number of halogens is 2. The van der Waals surface area contributed by atoms with Crippen LogP contribution in [0.25, 0.3) is 0 Å². The van der Waals surface area contributed by atoms with Gasteiger partial charge in [0.2, 0.25) is 0 Å². The van der Waals surface area contributed by atoms with Crippen LogP contribution in [0.4, 0.5) is 0 Å². The number of nitrogens with one attached hydrogen (secondary N) is 1. The summed E-state index contributed by atoms with van der Waals surface area (Å²) in [5.41, 5.74) is 4.69. The van der Waals surface area contributed by atoms with Crippen molar-refractivity contribution >= 4 is 23.2 Å². The van der Waals surface area contributed by atoms with Crippen molar-refractivity contribution in [1.82, 2.24) is 10.4 Å². The van der Waals surface area contributed by atoms with Crippen LogP contribution in [0, 0.1) is 0 Å². The van der Waals surface area contributed by atoms with E-state index >= 15 is 0 Å². The highest BCUT2D eigenvalue weighted by atomic mass is 35.5. The van der Waals surface area contributed by atoms with Gasteiger partial charge in [0.25, 0.3) is 0 Å². The lowest BCUT2D eigenvalue weighted by atomic mass is 9.99. The monoisotopic (exact) mass is 300 g/mol. The Kier molecular flexibility index (Phi) is 5.13. The molecule has 3 unspecified atom stereocenters. The van der Waals surface area contributed by atoms with E-state index in [2.05, 4.69) is 31.2 Å². The molecule has 2 rings (SSSR count). The average molecular weight is 301 g/mol. The summed E-state index contributed by atoms with van der Waals surface area (Å²) in [6.45, 7) is 6.70. The van der Waals surface area contributed by atoms with Gasteiger partial charge in [-0.15, -0.1) is 0 Å². The summed E-state index contributed by atoms with van der Waals surface area (Å²) in [5.74, 6) is 0. The standard InChI is InChI=1S/C15H22Cl2N2/c1-10-5-4-6-11(2)19(10)18-12(3)14-8-7-13(16)9-15(14)17/h7-12,18H,4-6H2,1-3H3. The molecule has 4 heteroatoms. The molecule has 1 saturated heterocycles. The molecule has 1 fully saturated rings. The lowest BCUT2D eigenvalue weighted by molar-refractivity contribution is 0.0320. The number of hydrazine groups is 1. The number of hydrogen-bond acceptors (Lipinski definition) is 2. The Morgan fingerprint density at radius 2 is 1.84 bits per heavy atom. The maximum Gasteiger partial charge on any atom is 0.0469 e. The van der Waals surface area contributed by atoms with Crippen molar-refractivity contribution < 1.29 is 0 Å². The van der Waals surface area contributed by atoms with Crippen LogP contribution in [0.2, 0.25) is 10.0 Å². The fourth-order valence-electron chi connectivity index (χ4n) is 2.82. The molecule has 0 spiro atoms. The molecule has 1 heterocycles. The topological polar surface area (TPSA) is 15.3 Å². The first-order valence-corrected chi connectivity index (χ1v) is 7.74. The number of rotatable bonds is 3. The molecule has 0 amide bonds. The van der Waals surface area contributed by atoms with Crippen molar-refractivity contribution in [3.05, 3.63) is 33.8 Å². The third-order valence-corrected chi connectivity index (χ3v) is 4.53. The summed E-state index contributed by atoms with van der Waals surface area (Å²) < 4.78 is 0. The largest absolute Gasteiger partial charge is 0.247 e. The normalized spacial score (nSPS) is 26.4. The van der Waals surface area contributed by atoms with Crippen LogP contribution in [-0.4, -0.2) is 17.1 Å². The highest BCUT2D eigenvalue weighted by Gasteiger charge is 2.26. The van der Waals surface area contributed by atoms with Gasteiger partial charge in [-0.1, -0.05) is 35.7 Å². The van der Waals surface area contributed by atoms with Gasteiger partial charge in [0.15, 0.2) is 0 Å². The quantitative estimate of drug-likeness (QED) is 0.861. The summed E-state index contributed by atoms with van der Waals surface area (Å²) in [4.78, 5) is 0. The first-order chi connectivity index (χ1) is 8.99. The predicted octanol–water partition coefficient (Wildman–Crippen LogP) is 4.82. The van der Waals surface area contributed by atoms with E-state index < -0.39 is 0 Å². The summed E-state index contributed by atoms with van der Waals surface area (Å²) in [6.07, 6.45) is 3.81. The molecule has 1 aliphatic rings. The molecule has 0 saturated carbocycles. The zero-order valence-corrected chi connectivity index (χ0v) is 13.3. The highest BCUT2D eigenvalue weighted by Crippen LogP contribution is 2.28. The Balaban J connectivity index is 2.09. The average Bonchev–Trinajstić information content (AvgIpc) is 2.33.